The third kappa shape index (κ3) is 6.42. The van der Waals surface area contributed by atoms with Crippen LogP contribution in [0.25, 0.3) is 0 Å². The van der Waals surface area contributed by atoms with Crippen molar-refractivity contribution < 1.29 is 24.1 Å². The van der Waals surface area contributed by atoms with Gasteiger partial charge in [0.25, 0.3) is 0 Å². The summed E-state index contributed by atoms with van der Waals surface area (Å²) in [6.45, 7) is 2.69. The molecule has 1 rings (SSSR count). The Morgan fingerprint density at radius 1 is 1.21 bits per heavy atom. The summed E-state index contributed by atoms with van der Waals surface area (Å²) in [7, 11) is -1.64. The van der Waals surface area contributed by atoms with Gasteiger partial charge in [-0.3, -0.25) is 4.72 Å². The molecule has 1 N–H and O–H groups in total. The Morgan fingerprint density at radius 2 is 1.89 bits per heavy atom. The molecule has 0 saturated heterocycles. The highest BCUT2D eigenvalue weighted by atomic mass is 32.2. The van der Waals surface area contributed by atoms with Gasteiger partial charge in [0, 0.05) is 14.2 Å². The van der Waals surface area contributed by atoms with Gasteiger partial charge in [0.2, 0.25) is 10.0 Å². The van der Waals surface area contributed by atoms with Gasteiger partial charge in [-0.05, 0) is 31.2 Å². The fraction of sp³-hybridized carbons (Fsp3) is 0.500. The first-order chi connectivity index (χ1) is 9.07. The standard InChI is InChI=1S/C12H19NO5S.H2/c1-3-19(14,15)13-11-4-6-12(7-5-11)18-10-17-9-8-16-2;/h4-7,13H,3,8-10H2,1-2H3;1H. The number of hydrogen-bond donors (Lipinski definition) is 1. The number of benzene rings is 1. The summed E-state index contributed by atoms with van der Waals surface area (Å²) in [6.07, 6.45) is 0. The van der Waals surface area contributed by atoms with Gasteiger partial charge in [0.1, 0.15) is 5.75 Å². The molecule has 0 unspecified atom stereocenters. The number of anilines is 1. The minimum atomic E-state index is -3.24. The predicted octanol–water partition coefficient (Wildman–Crippen LogP) is 1.69. The molecule has 0 bridgehead atoms. The zero-order valence-electron chi connectivity index (χ0n) is 11.1. The highest BCUT2D eigenvalue weighted by molar-refractivity contribution is 7.92. The Kier molecular flexibility index (Phi) is 6.61. The molecule has 0 aromatic heterocycles. The molecule has 6 nitrogen and oxygen atoms in total. The zero-order valence-corrected chi connectivity index (χ0v) is 11.9. The van der Waals surface area contributed by atoms with Gasteiger partial charge >= 0.3 is 0 Å². The SMILES string of the molecule is CCS(=O)(=O)Nc1ccc(OCOCCOC)cc1.[HH]. The first-order valence-electron chi connectivity index (χ1n) is 5.87. The molecule has 110 valence electrons. The zero-order chi connectivity index (χ0) is 14.1. The van der Waals surface area contributed by atoms with Crippen LogP contribution in [0.15, 0.2) is 24.3 Å². The maximum atomic E-state index is 11.4. The van der Waals surface area contributed by atoms with Crippen LogP contribution in [0.5, 0.6) is 5.75 Å². The third-order valence-electron chi connectivity index (χ3n) is 2.25. The van der Waals surface area contributed by atoms with Gasteiger partial charge < -0.3 is 14.2 Å². The lowest BCUT2D eigenvalue weighted by molar-refractivity contribution is -0.00846. The molecule has 0 aliphatic carbocycles. The highest BCUT2D eigenvalue weighted by Crippen LogP contribution is 2.16. The maximum absolute atomic E-state index is 11.4. The quantitative estimate of drug-likeness (QED) is 0.553. The van der Waals surface area contributed by atoms with E-state index in [-0.39, 0.29) is 14.0 Å². The van der Waals surface area contributed by atoms with E-state index in [1.165, 1.54) is 0 Å². The molecule has 7 heteroatoms. The molecule has 0 spiro atoms. The lowest BCUT2D eigenvalue weighted by Crippen LogP contribution is -2.14. The second-order valence-electron chi connectivity index (χ2n) is 3.69. The minimum Gasteiger partial charge on any atom is -0.468 e. The van der Waals surface area contributed by atoms with E-state index in [0.29, 0.717) is 24.7 Å². The first-order valence-corrected chi connectivity index (χ1v) is 7.52. The van der Waals surface area contributed by atoms with E-state index in [0.717, 1.165) is 0 Å². The molecule has 0 heterocycles. The molecule has 19 heavy (non-hydrogen) atoms. The van der Waals surface area contributed by atoms with E-state index in [4.69, 9.17) is 14.2 Å². The van der Waals surface area contributed by atoms with Gasteiger partial charge in [-0.1, -0.05) is 0 Å². The summed E-state index contributed by atoms with van der Waals surface area (Å²) in [5.74, 6) is 0.648. The lowest BCUT2D eigenvalue weighted by atomic mass is 10.3. The van der Waals surface area contributed by atoms with Crippen molar-refractivity contribution in [1.82, 2.24) is 0 Å². The van der Waals surface area contributed by atoms with Crippen LogP contribution in [-0.4, -0.2) is 41.3 Å². The molecular weight excluding hydrogens is 270 g/mol. The maximum Gasteiger partial charge on any atom is 0.232 e. The fourth-order valence-electron chi connectivity index (χ4n) is 1.18. The number of rotatable bonds is 9. The minimum absolute atomic E-state index is 0. The second kappa shape index (κ2) is 7.98. The molecule has 1 aromatic carbocycles. The smallest absolute Gasteiger partial charge is 0.232 e. The Labute approximate surface area is 115 Å². The summed E-state index contributed by atoms with van der Waals surface area (Å²) in [5, 5.41) is 0. The van der Waals surface area contributed by atoms with Gasteiger partial charge in [-0.2, -0.15) is 0 Å². The summed E-state index contributed by atoms with van der Waals surface area (Å²) >= 11 is 0. The first kappa shape index (κ1) is 15.7. The number of ether oxygens (including phenoxy) is 3. The molecular formula is C12H21NO5S. The van der Waals surface area contributed by atoms with Crippen molar-refractivity contribution >= 4 is 15.7 Å². The lowest BCUT2D eigenvalue weighted by Gasteiger charge is -2.09. The Hall–Kier alpha value is -1.31. The van der Waals surface area contributed by atoms with Crippen molar-refractivity contribution in [2.45, 2.75) is 6.92 Å². The highest BCUT2D eigenvalue weighted by Gasteiger charge is 2.06. The van der Waals surface area contributed by atoms with Crippen molar-refractivity contribution in [3.8, 4) is 5.75 Å². The van der Waals surface area contributed by atoms with E-state index in [2.05, 4.69) is 4.72 Å². The van der Waals surface area contributed by atoms with Crippen molar-refractivity contribution in [3.05, 3.63) is 24.3 Å². The Balaban J connectivity index is 0.00000361. The van der Waals surface area contributed by atoms with Crippen LogP contribution < -0.4 is 9.46 Å². The van der Waals surface area contributed by atoms with E-state index < -0.39 is 10.0 Å². The van der Waals surface area contributed by atoms with Crippen molar-refractivity contribution in [1.29, 1.82) is 0 Å². The molecule has 0 atom stereocenters. The van der Waals surface area contributed by atoms with Gasteiger partial charge in [0.15, 0.2) is 6.79 Å². The van der Waals surface area contributed by atoms with Crippen molar-refractivity contribution in [2.24, 2.45) is 0 Å². The summed E-state index contributed by atoms with van der Waals surface area (Å²) in [6, 6.07) is 6.62. The largest absolute Gasteiger partial charge is 0.468 e. The van der Waals surface area contributed by atoms with Crippen molar-refractivity contribution in [2.75, 3.05) is 37.6 Å². The average molecular weight is 291 g/mol. The van der Waals surface area contributed by atoms with E-state index in [1.54, 1.807) is 38.3 Å². The molecule has 0 saturated carbocycles. The van der Waals surface area contributed by atoms with E-state index in [9.17, 15) is 8.42 Å². The van der Waals surface area contributed by atoms with Gasteiger partial charge in [0.05, 0.1) is 19.0 Å². The van der Waals surface area contributed by atoms with Gasteiger partial charge in [-0.25, -0.2) is 8.42 Å². The number of hydrogen-bond acceptors (Lipinski definition) is 5. The predicted molar refractivity (Wildman–Crippen MR) is 75.0 cm³/mol. The number of nitrogens with one attached hydrogen (secondary N) is 1. The summed E-state index contributed by atoms with van der Waals surface area (Å²) in [5.41, 5.74) is 0.509. The number of sulfonamides is 1. The van der Waals surface area contributed by atoms with Crippen LogP contribution in [0.2, 0.25) is 0 Å². The van der Waals surface area contributed by atoms with Crippen LogP contribution in [-0.2, 0) is 19.5 Å². The molecule has 0 fully saturated rings. The van der Waals surface area contributed by atoms with Crippen LogP contribution in [0, 0.1) is 0 Å². The fourth-order valence-corrected chi connectivity index (χ4v) is 1.82. The molecule has 1 aromatic rings. The molecule has 0 amide bonds. The Bertz CT molecular complexity index is 463. The topological polar surface area (TPSA) is 73.9 Å². The number of methoxy groups -OCH3 is 1. The monoisotopic (exact) mass is 291 g/mol. The third-order valence-corrected chi connectivity index (χ3v) is 3.56. The van der Waals surface area contributed by atoms with E-state index in [1.807, 2.05) is 0 Å². The van der Waals surface area contributed by atoms with Crippen molar-refractivity contribution in [3.63, 3.8) is 0 Å². The molecule has 0 aliphatic rings. The van der Waals surface area contributed by atoms with Crippen LogP contribution in [0.3, 0.4) is 0 Å². The Morgan fingerprint density at radius 3 is 2.47 bits per heavy atom. The van der Waals surface area contributed by atoms with E-state index >= 15 is 0 Å². The normalized spacial score (nSPS) is 11.3. The van der Waals surface area contributed by atoms with Gasteiger partial charge in [-0.15, -0.1) is 0 Å². The van der Waals surface area contributed by atoms with Crippen LogP contribution in [0.1, 0.15) is 8.35 Å². The second-order valence-corrected chi connectivity index (χ2v) is 5.70. The van der Waals surface area contributed by atoms with Crippen LogP contribution in [0.4, 0.5) is 5.69 Å². The van der Waals surface area contributed by atoms with Crippen LogP contribution >= 0.6 is 0 Å². The molecule has 0 aliphatic heterocycles. The summed E-state index contributed by atoms with van der Waals surface area (Å²) < 4.78 is 40.4. The summed E-state index contributed by atoms with van der Waals surface area (Å²) in [4.78, 5) is 0. The average Bonchev–Trinajstić information content (AvgIpc) is 2.40. The molecule has 0 radical (unpaired) electrons.